The lowest BCUT2D eigenvalue weighted by Crippen LogP contribution is -2.41. The number of carbonyl (C=O) groups is 2. The molecule has 1 aliphatic heterocycles. The maximum absolute atomic E-state index is 12.1. The van der Waals surface area contributed by atoms with E-state index in [0.717, 1.165) is 25.3 Å². The van der Waals surface area contributed by atoms with Gasteiger partial charge >= 0.3 is 11.8 Å². The van der Waals surface area contributed by atoms with Crippen LogP contribution < -0.4 is 10.6 Å². The smallest absolute Gasteiger partial charge is 0.314 e. The Morgan fingerprint density at radius 3 is 2.71 bits per heavy atom. The molecular weight excluding hydrogens is 356 g/mol. The van der Waals surface area contributed by atoms with Gasteiger partial charge in [-0.05, 0) is 44.0 Å². The van der Waals surface area contributed by atoms with E-state index in [2.05, 4.69) is 32.5 Å². The van der Waals surface area contributed by atoms with Gasteiger partial charge in [0.25, 0.3) is 0 Å². The second kappa shape index (κ2) is 9.98. The van der Waals surface area contributed by atoms with Gasteiger partial charge in [-0.2, -0.15) is 5.10 Å². The first-order chi connectivity index (χ1) is 13.6. The molecule has 0 aromatic carbocycles. The Bertz CT molecular complexity index is 770. The van der Waals surface area contributed by atoms with Crippen LogP contribution in [-0.4, -0.2) is 57.7 Å². The van der Waals surface area contributed by atoms with E-state index in [1.165, 1.54) is 19.3 Å². The molecule has 2 N–H and O–H groups in total. The number of nitrogens with zero attached hydrogens (tertiary/aromatic N) is 4. The minimum absolute atomic E-state index is 0.299. The van der Waals surface area contributed by atoms with Crippen molar-refractivity contribution in [3.05, 3.63) is 42.4 Å². The Labute approximate surface area is 165 Å². The lowest BCUT2D eigenvalue weighted by Gasteiger charge is -2.29. The first-order valence-electron chi connectivity index (χ1n) is 9.85. The van der Waals surface area contributed by atoms with Crippen molar-refractivity contribution >= 4 is 17.6 Å². The van der Waals surface area contributed by atoms with Gasteiger partial charge in [-0.3, -0.25) is 19.3 Å². The zero-order valence-corrected chi connectivity index (χ0v) is 16.3. The Balaban J connectivity index is 1.40. The van der Waals surface area contributed by atoms with Gasteiger partial charge in [-0.1, -0.05) is 19.4 Å². The van der Waals surface area contributed by atoms with Gasteiger partial charge in [-0.15, -0.1) is 0 Å². The minimum Gasteiger partial charge on any atom is -0.348 e. The lowest BCUT2D eigenvalue weighted by atomic mass is 10.1. The van der Waals surface area contributed by atoms with Gasteiger partial charge in [0.2, 0.25) is 0 Å². The summed E-state index contributed by atoms with van der Waals surface area (Å²) in [4.78, 5) is 30.8. The Kier molecular flexibility index (Phi) is 7.13. The van der Waals surface area contributed by atoms with Gasteiger partial charge in [0.15, 0.2) is 5.82 Å². The van der Waals surface area contributed by atoms with Crippen molar-refractivity contribution in [3.8, 4) is 0 Å². The maximum atomic E-state index is 12.1. The third-order valence-corrected chi connectivity index (χ3v) is 4.77. The average Bonchev–Trinajstić information content (AvgIpc) is 3.14. The average molecular weight is 384 g/mol. The van der Waals surface area contributed by atoms with E-state index in [1.807, 2.05) is 18.2 Å². The van der Waals surface area contributed by atoms with E-state index >= 15 is 0 Å². The topological polar surface area (TPSA) is 92.2 Å². The third kappa shape index (κ3) is 6.16. The molecule has 3 rings (SSSR count). The van der Waals surface area contributed by atoms with E-state index in [4.69, 9.17) is 0 Å². The Hall–Kier alpha value is -2.74. The minimum atomic E-state index is -0.701. The summed E-state index contributed by atoms with van der Waals surface area (Å²) in [5.41, 5.74) is 0.865. The second-order valence-corrected chi connectivity index (χ2v) is 7.35. The zero-order chi connectivity index (χ0) is 19.8. The summed E-state index contributed by atoms with van der Waals surface area (Å²) in [5.74, 6) is -0.692. The molecule has 0 unspecified atom stereocenters. The van der Waals surface area contributed by atoms with Crippen LogP contribution in [0.1, 0.15) is 31.9 Å². The van der Waals surface area contributed by atoms with Gasteiger partial charge in [0.1, 0.15) is 0 Å². The van der Waals surface area contributed by atoms with E-state index < -0.39 is 11.8 Å². The van der Waals surface area contributed by atoms with Crippen LogP contribution >= 0.6 is 0 Å². The number of carbonyl (C=O) groups excluding carboxylic acids is 2. The molecular formula is C20H28N6O2. The fourth-order valence-corrected chi connectivity index (χ4v) is 3.34. The number of hydrogen-bond acceptors (Lipinski definition) is 5. The highest BCUT2D eigenvalue weighted by atomic mass is 16.2. The summed E-state index contributed by atoms with van der Waals surface area (Å²) in [7, 11) is 0. The molecule has 8 nitrogen and oxygen atoms in total. The maximum Gasteiger partial charge on any atom is 0.314 e. The summed E-state index contributed by atoms with van der Waals surface area (Å²) in [6.45, 7) is 6.26. The first kappa shape index (κ1) is 20.0. The molecule has 2 aromatic rings. The van der Waals surface area contributed by atoms with Crippen LogP contribution in [0.4, 0.5) is 5.82 Å². The fourth-order valence-electron chi connectivity index (χ4n) is 3.34. The van der Waals surface area contributed by atoms with Crippen LogP contribution in [0.5, 0.6) is 0 Å². The highest BCUT2D eigenvalue weighted by Gasteiger charge is 2.18. The third-order valence-electron chi connectivity index (χ3n) is 4.77. The first-order valence-corrected chi connectivity index (χ1v) is 9.85. The highest BCUT2D eigenvalue weighted by Crippen LogP contribution is 2.10. The predicted octanol–water partition coefficient (Wildman–Crippen LogP) is 1.50. The van der Waals surface area contributed by atoms with Crippen molar-refractivity contribution in [1.82, 2.24) is 25.0 Å². The molecule has 28 heavy (non-hydrogen) atoms. The van der Waals surface area contributed by atoms with Crippen LogP contribution in [0, 0.1) is 5.92 Å². The molecule has 150 valence electrons. The second-order valence-electron chi connectivity index (χ2n) is 7.35. The highest BCUT2D eigenvalue weighted by molar-refractivity contribution is 6.39. The van der Waals surface area contributed by atoms with Gasteiger partial charge in [0, 0.05) is 31.5 Å². The quantitative estimate of drug-likeness (QED) is 0.706. The van der Waals surface area contributed by atoms with Crippen LogP contribution in [0.2, 0.25) is 0 Å². The van der Waals surface area contributed by atoms with E-state index in [1.54, 1.807) is 23.1 Å². The monoisotopic (exact) mass is 384 g/mol. The molecule has 1 atom stereocenters. The summed E-state index contributed by atoms with van der Waals surface area (Å²) in [6, 6.07) is 7.32. The Morgan fingerprint density at radius 1 is 1.14 bits per heavy atom. The van der Waals surface area contributed by atoms with E-state index in [0.29, 0.717) is 24.8 Å². The molecule has 1 aliphatic rings. The van der Waals surface area contributed by atoms with Crippen LogP contribution in [-0.2, 0) is 16.1 Å². The van der Waals surface area contributed by atoms with Crippen molar-refractivity contribution in [2.45, 2.75) is 32.7 Å². The molecule has 1 saturated heterocycles. The molecule has 0 aliphatic carbocycles. The largest absolute Gasteiger partial charge is 0.348 e. The molecule has 2 amide bonds. The van der Waals surface area contributed by atoms with Gasteiger partial charge in [0.05, 0.1) is 12.2 Å². The summed E-state index contributed by atoms with van der Waals surface area (Å²) >= 11 is 0. The van der Waals surface area contributed by atoms with Crippen molar-refractivity contribution in [3.63, 3.8) is 0 Å². The van der Waals surface area contributed by atoms with E-state index in [-0.39, 0.29) is 0 Å². The molecule has 0 saturated carbocycles. The lowest BCUT2D eigenvalue weighted by molar-refractivity contribution is -0.136. The van der Waals surface area contributed by atoms with Crippen molar-refractivity contribution < 1.29 is 9.59 Å². The summed E-state index contributed by atoms with van der Waals surface area (Å²) < 4.78 is 1.66. The zero-order valence-electron chi connectivity index (χ0n) is 16.3. The van der Waals surface area contributed by atoms with E-state index in [9.17, 15) is 9.59 Å². The molecule has 3 heterocycles. The number of anilines is 1. The molecule has 1 fully saturated rings. The van der Waals surface area contributed by atoms with Gasteiger partial charge < -0.3 is 15.5 Å². The number of rotatable bonds is 7. The van der Waals surface area contributed by atoms with Gasteiger partial charge in [-0.25, -0.2) is 0 Å². The van der Waals surface area contributed by atoms with Crippen LogP contribution in [0.3, 0.4) is 0 Å². The molecule has 8 heteroatoms. The number of pyridine rings is 1. The van der Waals surface area contributed by atoms with Crippen molar-refractivity contribution in [1.29, 1.82) is 0 Å². The van der Waals surface area contributed by atoms with Crippen LogP contribution in [0.15, 0.2) is 36.7 Å². The number of aromatic nitrogens is 3. The summed E-state index contributed by atoms with van der Waals surface area (Å²) in [6.07, 6.45) is 7.25. The predicted molar refractivity (Wildman–Crippen MR) is 107 cm³/mol. The van der Waals surface area contributed by atoms with Crippen LogP contribution in [0.25, 0.3) is 0 Å². The van der Waals surface area contributed by atoms with Crippen molar-refractivity contribution in [2.75, 3.05) is 31.5 Å². The fraction of sp³-hybridized carbons (Fsp3) is 0.500. The van der Waals surface area contributed by atoms with Crippen molar-refractivity contribution in [2.24, 2.45) is 5.92 Å². The standard InChI is InChI=1S/C20H28N6O2/c1-16(14-25-10-5-2-6-11-25)13-22-19(27)20(28)23-18-8-12-26(24-18)15-17-7-3-4-9-21-17/h3-4,7-9,12,16H,2,5-6,10-11,13-15H2,1H3,(H,22,27)(H,23,24,28)/t16-/m1/s1. The number of piperidine rings is 1. The number of likely N-dealkylation sites (tertiary alicyclic amines) is 1. The SMILES string of the molecule is C[C@H](CNC(=O)C(=O)Nc1ccn(Cc2ccccn2)n1)CN1CCCCC1. The normalized spacial score (nSPS) is 15.8. The summed E-state index contributed by atoms with van der Waals surface area (Å²) in [5, 5.41) is 9.51. The number of amides is 2. The number of nitrogens with one attached hydrogen (secondary N) is 2. The number of hydrogen-bond donors (Lipinski definition) is 2. The molecule has 0 radical (unpaired) electrons. The molecule has 2 aromatic heterocycles. The molecule has 0 bridgehead atoms. The Morgan fingerprint density at radius 2 is 1.96 bits per heavy atom. The molecule has 0 spiro atoms.